The van der Waals surface area contributed by atoms with Gasteiger partial charge in [-0.15, -0.1) is 0 Å². The number of sulfonamides is 1. The zero-order valence-corrected chi connectivity index (χ0v) is 9.89. The molecule has 14 heavy (non-hydrogen) atoms. The summed E-state index contributed by atoms with van der Waals surface area (Å²) in [5, 5.41) is 0. The lowest BCUT2D eigenvalue weighted by Gasteiger charge is -2.50. The van der Waals surface area contributed by atoms with Crippen LogP contribution in [0.3, 0.4) is 0 Å². The minimum absolute atomic E-state index is 0.00838. The molecule has 0 radical (unpaired) electrons. The molecule has 2 atom stereocenters. The molecule has 0 saturated heterocycles. The summed E-state index contributed by atoms with van der Waals surface area (Å²) in [7, 11) is -3.09. The van der Waals surface area contributed by atoms with Crippen LogP contribution >= 0.6 is 0 Å². The molecule has 4 nitrogen and oxygen atoms in total. The summed E-state index contributed by atoms with van der Waals surface area (Å²) in [4.78, 5) is 0. The second kappa shape index (κ2) is 3.79. The lowest BCUT2D eigenvalue weighted by molar-refractivity contribution is 0.0903. The summed E-state index contributed by atoms with van der Waals surface area (Å²) < 4.78 is 25.7. The molecule has 0 heterocycles. The zero-order valence-electron chi connectivity index (χ0n) is 9.08. The number of rotatable bonds is 4. The first-order valence-electron chi connectivity index (χ1n) is 5.05. The van der Waals surface area contributed by atoms with Crippen LogP contribution in [0, 0.1) is 5.41 Å². The van der Waals surface area contributed by atoms with Crippen molar-refractivity contribution < 1.29 is 8.42 Å². The maximum atomic E-state index is 11.5. The summed E-state index contributed by atoms with van der Waals surface area (Å²) in [5.41, 5.74) is 5.69. The molecule has 1 aliphatic carbocycles. The molecule has 1 saturated carbocycles. The molecular formula is C9H20N2O2S. The quantitative estimate of drug-likeness (QED) is 0.722. The highest BCUT2D eigenvalue weighted by Crippen LogP contribution is 2.39. The van der Waals surface area contributed by atoms with Crippen LogP contribution in [-0.4, -0.2) is 26.3 Å². The monoisotopic (exact) mass is 220 g/mol. The lowest BCUT2D eigenvalue weighted by Crippen LogP contribution is -2.64. The maximum absolute atomic E-state index is 11.5. The van der Waals surface area contributed by atoms with Gasteiger partial charge < -0.3 is 5.73 Å². The van der Waals surface area contributed by atoms with E-state index in [1.165, 1.54) is 0 Å². The van der Waals surface area contributed by atoms with E-state index in [0.29, 0.717) is 6.42 Å². The standard InChI is InChI=1S/C9H20N2O2S/c1-4-5-14(12,13)11-8-6-7(10)9(8,2)3/h7-8,11H,4-6,10H2,1-3H3. The van der Waals surface area contributed by atoms with Gasteiger partial charge in [-0.05, 0) is 18.3 Å². The molecular weight excluding hydrogens is 200 g/mol. The van der Waals surface area contributed by atoms with Crippen LogP contribution in [0.15, 0.2) is 0 Å². The van der Waals surface area contributed by atoms with E-state index in [4.69, 9.17) is 5.73 Å². The van der Waals surface area contributed by atoms with Gasteiger partial charge in [0.2, 0.25) is 10.0 Å². The summed E-state index contributed by atoms with van der Waals surface area (Å²) >= 11 is 0. The number of nitrogens with two attached hydrogens (primary N) is 1. The average molecular weight is 220 g/mol. The van der Waals surface area contributed by atoms with Gasteiger partial charge in [-0.2, -0.15) is 0 Å². The van der Waals surface area contributed by atoms with Gasteiger partial charge in [0, 0.05) is 12.1 Å². The SMILES string of the molecule is CCCS(=O)(=O)NC1CC(N)C1(C)C. The van der Waals surface area contributed by atoms with Gasteiger partial charge in [0.25, 0.3) is 0 Å². The summed E-state index contributed by atoms with van der Waals surface area (Å²) in [5.74, 6) is 0.203. The highest BCUT2D eigenvalue weighted by atomic mass is 32.2. The topological polar surface area (TPSA) is 72.2 Å². The third-order valence-electron chi connectivity index (χ3n) is 3.14. The van der Waals surface area contributed by atoms with E-state index in [1.807, 2.05) is 20.8 Å². The zero-order chi connectivity index (χ0) is 11.0. The molecule has 3 N–H and O–H groups in total. The lowest BCUT2D eigenvalue weighted by atomic mass is 9.64. The van der Waals surface area contributed by atoms with Gasteiger partial charge in [0.1, 0.15) is 0 Å². The van der Waals surface area contributed by atoms with Crippen LogP contribution < -0.4 is 10.5 Å². The van der Waals surface area contributed by atoms with Crippen molar-refractivity contribution in [3.05, 3.63) is 0 Å². The molecule has 0 aliphatic heterocycles. The molecule has 0 aromatic rings. The van der Waals surface area contributed by atoms with E-state index in [1.54, 1.807) is 0 Å². The molecule has 2 unspecified atom stereocenters. The highest BCUT2D eigenvalue weighted by Gasteiger charge is 2.47. The molecule has 1 rings (SSSR count). The Bertz CT molecular complexity index is 298. The molecule has 0 bridgehead atoms. The number of nitrogens with one attached hydrogen (secondary N) is 1. The van der Waals surface area contributed by atoms with E-state index in [0.717, 1.165) is 6.42 Å². The van der Waals surface area contributed by atoms with Gasteiger partial charge in [-0.3, -0.25) is 0 Å². The van der Waals surface area contributed by atoms with Crippen molar-refractivity contribution in [3.8, 4) is 0 Å². The predicted octanol–water partition coefficient (Wildman–Crippen LogP) is 0.442. The third-order valence-corrected chi connectivity index (χ3v) is 4.73. The molecule has 1 aliphatic rings. The van der Waals surface area contributed by atoms with Crippen molar-refractivity contribution in [3.63, 3.8) is 0 Å². The maximum Gasteiger partial charge on any atom is 0.211 e. The highest BCUT2D eigenvalue weighted by molar-refractivity contribution is 7.89. The third kappa shape index (κ3) is 2.27. The minimum atomic E-state index is -3.09. The second-order valence-electron chi connectivity index (χ2n) is 4.65. The van der Waals surface area contributed by atoms with Gasteiger partial charge in [0.15, 0.2) is 0 Å². The van der Waals surface area contributed by atoms with Crippen molar-refractivity contribution in [2.45, 2.75) is 45.7 Å². The van der Waals surface area contributed by atoms with Crippen LogP contribution in [0.2, 0.25) is 0 Å². The van der Waals surface area contributed by atoms with Crippen molar-refractivity contribution >= 4 is 10.0 Å². The normalized spacial score (nSPS) is 31.1. The Balaban J connectivity index is 2.56. The van der Waals surface area contributed by atoms with Crippen LogP contribution in [0.25, 0.3) is 0 Å². The van der Waals surface area contributed by atoms with Crippen molar-refractivity contribution in [2.75, 3.05) is 5.75 Å². The van der Waals surface area contributed by atoms with E-state index in [-0.39, 0.29) is 23.3 Å². The average Bonchev–Trinajstić information content (AvgIpc) is 2.03. The fourth-order valence-corrected chi connectivity index (χ4v) is 3.19. The van der Waals surface area contributed by atoms with Crippen molar-refractivity contribution in [1.29, 1.82) is 0 Å². The van der Waals surface area contributed by atoms with E-state index in [2.05, 4.69) is 4.72 Å². The van der Waals surface area contributed by atoms with Gasteiger partial charge in [-0.1, -0.05) is 20.8 Å². The van der Waals surface area contributed by atoms with Crippen LogP contribution in [0.1, 0.15) is 33.6 Å². The van der Waals surface area contributed by atoms with Gasteiger partial charge >= 0.3 is 0 Å². The Labute approximate surface area is 86.3 Å². The summed E-state index contributed by atoms with van der Waals surface area (Å²) in [6.07, 6.45) is 1.39. The Kier molecular flexibility index (Phi) is 3.23. The first-order chi connectivity index (χ1) is 6.29. The Morgan fingerprint density at radius 2 is 2.07 bits per heavy atom. The van der Waals surface area contributed by atoms with Gasteiger partial charge in [0.05, 0.1) is 5.75 Å². The van der Waals surface area contributed by atoms with Crippen LogP contribution in [0.4, 0.5) is 0 Å². The summed E-state index contributed by atoms with van der Waals surface area (Å²) in [6.45, 7) is 5.86. The summed E-state index contributed by atoms with van der Waals surface area (Å²) in [6, 6.07) is 0.117. The largest absolute Gasteiger partial charge is 0.327 e. The minimum Gasteiger partial charge on any atom is -0.327 e. The van der Waals surface area contributed by atoms with E-state index < -0.39 is 10.0 Å². The fourth-order valence-electron chi connectivity index (χ4n) is 1.70. The smallest absolute Gasteiger partial charge is 0.211 e. The Hall–Kier alpha value is -0.130. The van der Waals surface area contributed by atoms with Crippen LogP contribution in [-0.2, 0) is 10.0 Å². The Morgan fingerprint density at radius 3 is 2.43 bits per heavy atom. The molecule has 0 amide bonds. The van der Waals surface area contributed by atoms with Crippen molar-refractivity contribution in [2.24, 2.45) is 11.1 Å². The predicted molar refractivity (Wildman–Crippen MR) is 57.4 cm³/mol. The van der Waals surface area contributed by atoms with Crippen LogP contribution in [0.5, 0.6) is 0 Å². The number of hydrogen-bond donors (Lipinski definition) is 2. The first kappa shape index (κ1) is 11.9. The van der Waals surface area contributed by atoms with E-state index in [9.17, 15) is 8.42 Å². The second-order valence-corrected chi connectivity index (χ2v) is 6.53. The van der Waals surface area contributed by atoms with Gasteiger partial charge in [-0.25, -0.2) is 13.1 Å². The molecule has 0 aromatic heterocycles. The first-order valence-corrected chi connectivity index (χ1v) is 6.70. The fraction of sp³-hybridized carbons (Fsp3) is 1.00. The Morgan fingerprint density at radius 1 is 1.50 bits per heavy atom. The number of hydrogen-bond acceptors (Lipinski definition) is 3. The molecule has 1 fully saturated rings. The molecule has 5 heteroatoms. The molecule has 0 spiro atoms. The van der Waals surface area contributed by atoms with E-state index >= 15 is 0 Å². The molecule has 84 valence electrons. The van der Waals surface area contributed by atoms with Crippen molar-refractivity contribution in [1.82, 2.24) is 4.72 Å². The molecule has 0 aromatic carbocycles.